The lowest BCUT2D eigenvalue weighted by Crippen LogP contribution is -2.37. The van der Waals surface area contributed by atoms with Crippen molar-refractivity contribution in [1.82, 2.24) is 15.5 Å². The number of anilines is 1. The van der Waals surface area contributed by atoms with Gasteiger partial charge in [-0.3, -0.25) is 9.89 Å². The zero-order valence-electron chi connectivity index (χ0n) is 15.2. The Morgan fingerprint density at radius 2 is 2.03 bits per heavy atom. The smallest absolute Gasteiger partial charge is 0.316 e. The summed E-state index contributed by atoms with van der Waals surface area (Å²) in [4.78, 5) is 12.5. The normalized spacial score (nSPS) is 17.4. The van der Waals surface area contributed by atoms with E-state index in [2.05, 4.69) is 20.8 Å². The number of aromatic amines is 1. The molecule has 1 unspecified atom stereocenters. The number of piperidine rings is 1. The summed E-state index contributed by atoms with van der Waals surface area (Å²) in [5.41, 5.74) is 0.149. The number of carbonyl (C=O) groups is 1. The van der Waals surface area contributed by atoms with E-state index in [1.165, 1.54) is 12.1 Å². The highest BCUT2D eigenvalue weighted by Crippen LogP contribution is 2.39. The fraction of sp³-hybridized carbons (Fsp3) is 0.300. The molecule has 0 bridgehead atoms. The van der Waals surface area contributed by atoms with Gasteiger partial charge in [0.15, 0.2) is 5.82 Å². The van der Waals surface area contributed by atoms with Crippen molar-refractivity contribution in [2.24, 2.45) is 5.92 Å². The number of amides is 1. The van der Waals surface area contributed by atoms with Crippen LogP contribution < -0.4 is 10.6 Å². The average molecular weight is 423 g/mol. The molecule has 0 spiro atoms. The van der Waals surface area contributed by atoms with E-state index in [0.29, 0.717) is 28.8 Å². The number of aromatic nitrogens is 2. The molecule has 1 fully saturated rings. The number of hydrogen-bond donors (Lipinski definition) is 3. The van der Waals surface area contributed by atoms with Crippen LogP contribution in [0.4, 0.5) is 19.0 Å². The molecule has 9 heteroatoms. The number of H-pyrrole nitrogens is 1. The maximum absolute atomic E-state index is 13.5. The summed E-state index contributed by atoms with van der Waals surface area (Å²) in [7, 11) is 0. The quantitative estimate of drug-likeness (QED) is 0.565. The highest BCUT2D eigenvalue weighted by atomic mass is 35.5. The van der Waals surface area contributed by atoms with E-state index < -0.39 is 11.7 Å². The van der Waals surface area contributed by atoms with Gasteiger partial charge < -0.3 is 10.6 Å². The first kappa shape index (κ1) is 19.7. The maximum atomic E-state index is 13.5. The molecule has 3 N–H and O–H groups in total. The Bertz CT molecular complexity index is 1060. The number of halogens is 4. The zero-order chi connectivity index (χ0) is 20.6. The lowest BCUT2D eigenvalue weighted by molar-refractivity contribution is -0.137. The number of nitrogens with one attached hydrogen (secondary N) is 3. The standard InChI is InChI=1S/C20H18ClF3N4O/c21-13-4-5-16(20(22,23)24)14(9-13)11-3-6-17-15(8-11)18(28-27-17)26-19(29)12-2-1-7-25-10-12/h3-6,8-9,12,25H,1-2,7,10H2,(H2,26,27,28,29). The SMILES string of the molecule is O=C(Nc1n[nH]c2ccc(-c3cc(Cl)ccc3C(F)(F)F)cc12)C1CCCNC1. The Kier molecular flexibility index (Phi) is 5.23. The first-order valence-electron chi connectivity index (χ1n) is 9.20. The summed E-state index contributed by atoms with van der Waals surface area (Å²) in [6, 6.07) is 8.25. The second-order valence-corrected chi connectivity index (χ2v) is 7.49. The summed E-state index contributed by atoms with van der Waals surface area (Å²) >= 11 is 5.95. The third kappa shape index (κ3) is 4.09. The minimum absolute atomic E-state index is 0.0261. The fourth-order valence-electron chi connectivity index (χ4n) is 3.57. The number of nitrogens with zero attached hydrogens (tertiary/aromatic N) is 1. The number of benzene rings is 2. The van der Waals surface area contributed by atoms with Gasteiger partial charge in [-0.15, -0.1) is 0 Å². The first-order valence-corrected chi connectivity index (χ1v) is 9.57. The van der Waals surface area contributed by atoms with Gasteiger partial charge in [0.1, 0.15) is 0 Å². The van der Waals surface area contributed by atoms with Crippen LogP contribution in [0.3, 0.4) is 0 Å². The number of fused-ring (bicyclic) bond motifs is 1. The van der Waals surface area contributed by atoms with Gasteiger partial charge in [0.05, 0.1) is 17.0 Å². The Hall–Kier alpha value is -2.58. The van der Waals surface area contributed by atoms with Gasteiger partial charge in [0.25, 0.3) is 0 Å². The number of alkyl halides is 3. The van der Waals surface area contributed by atoms with Crippen molar-refractivity contribution >= 4 is 34.2 Å². The molecule has 2 aromatic carbocycles. The minimum Gasteiger partial charge on any atom is -0.316 e. The Morgan fingerprint density at radius 3 is 2.76 bits per heavy atom. The minimum atomic E-state index is -4.52. The van der Waals surface area contributed by atoms with Crippen LogP contribution in [0.25, 0.3) is 22.0 Å². The highest BCUT2D eigenvalue weighted by Gasteiger charge is 2.33. The lowest BCUT2D eigenvalue weighted by Gasteiger charge is -2.21. The lowest BCUT2D eigenvalue weighted by atomic mass is 9.97. The average Bonchev–Trinajstić information content (AvgIpc) is 3.09. The molecule has 1 aliphatic heterocycles. The molecule has 1 aromatic heterocycles. The highest BCUT2D eigenvalue weighted by molar-refractivity contribution is 6.30. The van der Waals surface area contributed by atoms with Crippen LogP contribution in [0.5, 0.6) is 0 Å². The summed E-state index contributed by atoms with van der Waals surface area (Å²) in [6.45, 7) is 1.48. The van der Waals surface area contributed by atoms with Crippen molar-refractivity contribution in [3.05, 3.63) is 47.0 Å². The third-order valence-electron chi connectivity index (χ3n) is 5.07. The van der Waals surface area contributed by atoms with Gasteiger partial charge in [-0.2, -0.15) is 18.3 Å². The molecular weight excluding hydrogens is 405 g/mol. The van der Waals surface area contributed by atoms with Crippen LogP contribution in [0.15, 0.2) is 36.4 Å². The molecule has 29 heavy (non-hydrogen) atoms. The molecule has 0 saturated carbocycles. The van der Waals surface area contributed by atoms with Gasteiger partial charge in [-0.25, -0.2) is 0 Å². The second kappa shape index (κ2) is 7.68. The van der Waals surface area contributed by atoms with Gasteiger partial charge in [-0.1, -0.05) is 17.7 Å². The topological polar surface area (TPSA) is 69.8 Å². The molecule has 3 aromatic rings. The molecule has 0 aliphatic carbocycles. The van der Waals surface area contributed by atoms with Crippen LogP contribution in [0.1, 0.15) is 18.4 Å². The molecule has 1 atom stereocenters. The molecule has 5 nitrogen and oxygen atoms in total. The van der Waals surface area contributed by atoms with Crippen molar-refractivity contribution in [1.29, 1.82) is 0 Å². The van der Waals surface area contributed by atoms with Crippen LogP contribution in [0.2, 0.25) is 5.02 Å². The number of carbonyl (C=O) groups excluding carboxylic acids is 1. The van der Waals surface area contributed by atoms with Gasteiger partial charge in [0.2, 0.25) is 5.91 Å². The van der Waals surface area contributed by atoms with E-state index in [1.54, 1.807) is 18.2 Å². The third-order valence-corrected chi connectivity index (χ3v) is 5.31. The van der Waals surface area contributed by atoms with Crippen molar-refractivity contribution in [3.8, 4) is 11.1 Å². The second-order valence-electron chi connectivity index (χ2n) is 7.05. The van der Waals surface area contributed by atoms with Crippen LogP contribution in [-0.2, 0) is 11.0 Å². The summed E-state index contributed by atoms with van der Waals surface area (Å²) < 4.78 is 40.4. The van der Waals surface area contributed by atoms with Crippen LogP contribution >= 0.6 is 11.6 Å². The molecule has 4 rings (SSSR count). The van der Waals surface area contributed by atoms with Gasteiger partial charge >= 0.3 is 6.18 Å². The predicted octanol–water partition coefficient (Wildman–Crippen LogP) is 4.84. The van der Waals surface area contributed by atoms with Crippen molar-refractivity contribution in [2.45, 2.75) is 19.0 Å². The van der Waals surface area contributed by atoms with Crippen LogP contribution in [0, 0.1) is 5.92 Å². The fourth-order valence-corrected chi connectivity index (χ4v) is 3.75. The Morgan fingerprint density at radius 1 is 1.21 bits per heavy atom. The van der Waals surface area contributed by atoms with Gasteiger partial charge in [0, 0.05) is 17.0 Å². The summed E-state index contributed by atoms with van der Waals surface area (Å²) in [5, 5.41) is 13.7. The van der Waals surface area contributed by atoms with E-state index in [4.69, 9.17) is 11.6 Å². The first-order chi connectivity index (χ1) is 13.8. The summed E-state index contributed by atoms with van der Waals surface area (Å²) in [5.74, 6) is -0.0220. The Balaban J connectivity index is 1.71. The molecule has 1 amide bonds. The van der Waals surface area contributed by atoms with Crippen molar-refractivity contribution in [3.63, 3.8) is 0 Å². The van der Waals surface area contributed by atoms with Crippen LogP contribution in [-0.4, -0.2) is 29.2 Å². The number of hydrogen-bond acceptors (Lipinski definition) is 3. The monoisotopic (exact) mass is 422 g/mol. The predicted molar refractivity (Wildman–Crippen MR) is 106 cm³/mol. The van der Waals surface area contributed by atoms with Gasteiger partial charge in [-0.05, 0) is 60.8 Å². The molecule has 2 heterocycles. The summed E-state index contributed by atoms with van der Waals surface area (Å²) in [6.07, 6.45) is -2.82. The van der Waals surface area contributed by atoms with Crippen molar-refractivity contribution in [2.75, 3.05) is 18.4 Å². The molecule has 1 saturated heterocycles. The van der Waals surface area contributed by atoms with Crippen molar-refractivity contribution < 1.29 is 18.0 Å². The van der Waals surface area contributed by atoms with E-state index in [-0.39, 0.29) is 22.4 Å². The molecular formula is C20H18ClF3N4O. The Labute approximate surface area is 169 Å². The molecule has 152 valence electrons. The van der Waals surface area contributed by atoms with E-state index in [9.17, 15) is 18.0 Å². The largest absolute Gasteiger partial charge is 0.417 e. The van der Waals surface area contributed by atoms with E-state index >= 15 is 0 Å². The zero-order valence-corrected chi connectivity index (χ0v) is 16.0. The molecule has 1 aliphatic rings. The maximum Gasteiger partial charge on any atom is 0.417 e. The van der Waals surface area contributed by atoms with E-state index in [0.717, 1.165) is 25.5 Å². The number of rotatable bonds is 3. The molecule has 0 radical (unpaired) electrons. The van der Waals surface area contributed by atoms with E-state index in [1.807, 2.05) is 0 Å².